The third kappa shape index (κ3) is 5.11. The molecule has 2 heteroatoms. The summed E-state index contributed by atoms with van der Waals surface area (Å²) in [7, 11) is 0. The van der Waals surface area contributed by atoms with E-state index >= 15 is 0 Å². The Morgan fingerprint density at radius 2 is 1.07 bits per heavy atom. The van der Waals surface area contributed by atoms with Gasteiger partial charge < -0.3 is 0 Å². The van der Waals surface area contributed by atoms with Crippen LogP contribution in [0, 0.1) is 6.92 Å². The summed E-state index contributed by atoms with van der Waals surface area (Å²) in [6, 6.07) is 47.2. The number of aromatic nitrogens is 2. The Hall–Kier alpha value is -5.34. The molecular weight excluding hydrogens is 508 g/mol. The number of allylic oxidation sites excluding steroid dienone is 4. The monoisotopic (exact) mass is 538 g/mol. The lowest BCUT2D eigenvalue weighted by Crippen LogP contribution is -1.99. The highest BCUT2D eigenvalue weighted by Gasteiger charge is 2.15. The number of benzene rings is 5. The van der Waals surface area contributed by atoms with E-state index in [-0.39, 0.29) is 0 Å². The first kappa shape index (κ1) is 25.6. The van der Waals surface area contributed by atoms with Crippen molar-refractivity contribution in [3.63, 3.8) is 0 Å². The normalized spacial score (nSPS) is 12.4. The molecule has 0 saturated carbocycles. The van der Waals surface area contributed by atoms with E-state index in [1.165, 1.54) is 38.9 Å². The molecule has 200 valence electrons. The quantitative estimate of drug-likeness (QED) is 0.211. The van der Waals surface area contributed by atoms with Crippen molar-refractivity contribution < 1.29 is 0 Å². The minimum Gasteiger partial charge on any atom is -0.228 e. The summed E-state index contributed by atoms with van der Waals surface area (Å²) >= 11 is 0. The summed E-state index contributed by atoms with van der Waals surface area (Å²) in [5.41, 5.74) is 13.7. The molecule has 0 atom stereocenters. The molecule has 0 unspecified atom stereocenters. The molecule has 0 fully saturated rings. The molecule has 2 nitrogen and oxygen atoms in total. The van der Waals surface area contributed by atoms with Crippen LogP contribution in [0.2, 0.25) is 0 Å². The van der Waals surface area contributed by atoms with Crippen LogP contribution in [0.5, 0.6) is 0 Å². The van der Waals surface area contributed by atoms with Gasteiger partial charge in [-0.2, -0.15) is 0 Å². The molecule has 0 radical (unpaired) electrons. The molecular formula is C40H30N2. The van der Waals surface area contributed by atoms with Crippen LogP contribution in [0.4, 0.5) is 0 Å². The van der Waals surface area contributed by atoms with Gasteiger partial charge in [0.05, 0.1) is 11.4 Å². The van der Waals surface area contributed by atoms with E-state index < -0.39 is 0 Å². The third-order valence-corrected chi connectivity index (χ3v) is 7.90. The second-order valence-electron chi connectivity index (χ2n) is 10.7. The molecule has 0 bridgehead atoms. The molecule has 1 aliphatic carbocycles. The van der Waals surface area contributed by atoms with E-state index in [9.17, 15) is 0 Å². The Labute approximate surface area is 247 Å². The fourth-order valence-corrected chi connectivity index (χ4v) is 5.65. The molecule has 1 aliphatic rings. The van der Waals surface area contributed by atoms with Crippen LogP contribution in [0.25, 0.3) is 61.5 Å². The maximum absolute atomic E-state index is 5.09. The van der Waals surface area contributed by atoms with Gasteiger partial charge in [-0.3, -0.25) is 0 Å². The van der Waals surface area contributed by atoms with Crippen LogP contribution in [0.15, 0.2) is 152 Å². The van der Waals surface area contributed by atoms with E-state index in [0.29, 0.717) is 0 Å². The van der Waals surface area contributed by atoms with Gasteiger partial charge in [-0.25, -0.2) is 9.97 Å². The third-order valence-electron chi connectivity index (χ3n) is 7.90. The molecule has 0 saturated heterocycles. The zero-order valence-electron chi connectivity index (χ0n) is 23.5. The predicted molar refractivity (Wildman–Crippen MR) is 176 cm³/mol. The van der Waals surface area contributed by atoms with Gasteiger partial charge in [0, 0.05) is 16.7 Å². The number of nitrogens with zero attached hydrogens (tertiary/aromatic N) is 2. The fraction of sp³-hybridized carbons (Fsp3) is 0.0500. The van der Waals surface area contributed by atoms with Crippen molar-refractivity contribution in [2.75, 3.05) is 0 Å². The van der Waals surface area contributed by atoms with E-state index in [1.807, 2.05) is 6.07 Å². The predicted octanol–water partition coefficient (Wildman–Crippen LogP) is 10.5. The minimum absolute atomic E-state index is 0.783. The van der Waals surface area contributed by atoms with Crippen LogP contribution >= 0.6 is 0 Å². The van der Waals surface area contributed by atoms with Gasteiger partial charge in [0.2, 0.25) is 0 Å². The lowest BCUT2D eigenvalue weighted by Gasteiger charge is -2.14. The van der Waals surface area contributed by atoms with Gasteiger partial charge in [0.15, 0.2) is 5.82 Å². The molecule has 1 heterocycles. The minimum atomic E-state index is 0.783. The van der Waals surface area contributed by atoms with Crippen LogP contribution in [-0.2, 0) is 0 Å². The highest BCUT2D eigenvalue weighted by atomic mass is 14.9. The van der Waals surface area contributed by atoms with E-state index in [4.69, 9.17) is 9.97 Å². The number of rotatable bonds is 6. The molecule has 6 aromatic rings. The zero-order valence-corrected chi connectivity index (χ0v) is 23.5. The van der Waals surface area contributed by atoms with Crippen molar-refractivity contribution in [2.45, 2.75) is 13.3 Å². The first-order chi connectivity index (χ1) is 20.7. The fourth-order valence-electron chi connectivity index (χ4n) is 5.65. The summed E-state index contributed by atoms with van der Waals surface area (Å²) in [6.45, 7) is 2.17. The van der Waals surface area contributed by atoms with Crippen molar-refractivity contribution in [2.24, 2.45) is 0 Å². The molecule has 1 aromatic heterocycles. The van der Waals surface area contributed by atoms with Crippen molar-refractivity contribution in [1.29, 1.82) is 0 Å². The average molecular weight is 539 g/mol. The second-order valence-corrected chi connectivity index (χ2v) is 10.7. The first-order valence-corrected chi connectivity index (χ1v) is 14.4. The summed E-state index contributed by atoms with van der Waals surface area (Å²) < 4.78 is 0. The van der Waals surface area contributed by atoms with Crippen molar-refractivity contribution in [1.82, 2.24) is 9.97 Å². The van der Waals surface area contributed by atoms with Gasteiger partial charge in [-0.1, -0.05) is 140 Å². The maximum Gasteiger partial charge on any atom is 0.156 e. The Morgan fingerprint density at radius 1 is 0.476 bits per heavy atom. The lowest BCUT2D eigenvalue weighted by molar-refractivity contribution is 1.11. The summed E-state index contributed by atoms with van der Waals surface area (Å²) in [4.78, 5) is 10.1. The Balaban J connectivity index is 1.31. The van der Waals surface area contributed by atoms with E-state index in [1.54, 1.807) is 0 Å². The summed E-state index contributed by atoms with van der Waals surface area (Å²) in [5, 5.41) is 0. The SMILES string of the molecule is Cc1ccccc1-c1ccccc1-c1cccc(-c2cc(-c3ccc(-c4ccccc4)cc3)nc(C3=CC=CC3)n2)c1. The number of hydrogen-bond acceptors (Lipinski definition) is 2. The Kier molecular flexibility index (Phi) is 6.87. The number of aryl methyl sites for hydroxylation is 1. The van der Waals surface area contributed by atoms with Gasteiger partial charge >= 0.3 is 0 Å². The average Bonchev–Trinajstić information content (AvgIpc) is 3.61. The summed E-state index contributed by atoms with van der Waals surface area (Å²) in [6.07, 6.45) is 7.21. The van der Waals surface area contributed by atoms with Crippen molar-refractivity contribution in [3.05, 3.63) is 163 Å². The molecule has 0 amide bonds. The molecule has 42 heavy (non-hydrogen) atoms. The topological polar surface area (TPSA) is 25.8 Å². The van der Waals surface area contributed by atoms with Crippen molar-refractivity contribution in [3.8, 4) is 55.9 Å². The van der Waals surface area contributed by atoms with Gasteiger partial charge in [-0.05, 0) is 64.4 Å². The van der Waals surface area contributed by atoms with Gasteiger partial charge in [-0.15, -0.1) is 0 Å². The van der Waals surface area contributed by atoms with Crippen LogP contribution < -0.4 is 0 Å². The second kappa shape index (κ2) is 11.3. The standard InChI is InChI=1S/C40H30N2/c1-28-12-5-8-19-35(28)37-21-10-9-20-36(37)33-17-11-18-34(26-33)39-27-38(41-40(42-39)32-15-6-7-16-32)31-24-22-30(23-25-31)29-13-3-2-4-14-29/h2-15,17-27H,16H2,1H3. The molecule has 0 spiro atoms. The molecule has 0 N–H and O–H groups in total. The molecule has 7 rings (SSSR count). The Bertz CT molecular complexity index is 1950. The van der Waals surface area contributed by atoms with Crippen LogP contribution in [0.1, 0.15) is 17.8 Å². The van der Waals surface area contributed by atoms with Crippen LogP contribution in [0.3, 0.4) is 0 Å². The highest BCUT2D eigenvalue weighted by Crippen LogP contribution is 2.36. The van der Waals surface area contributed by atoms with Crippen LogP contribution in [-0.4, -0.2) is 9.97 Å². The largest absolute Gasteiger partial charge is 0.228 e. The molecule has 0 aliphatic heterocycles. The smallest absolute Gasteiger partial charge is 0.156 e. The van der Waals surface area contributed by atoms with E-state index in [2.05, 4.69) is 153 Å². The zero-order chi connectivity index (χ0) is 28.3. The van der Waals surface area contributed by atoms with Crippen molar-refractivity contribution >= 4 is 5.57 Å². The molecule has 5 aromatic carbocycles. The summed E-state index contributed by atoms with van der Waals surface area (Å²) in [5.74, 6) is 0.783. The Morgan fingerprint density at radius 3 is 1.81 bits per heavy atom. The van der Waals surface area contributed by atoms with Gasteiger partial charge in [0.1, 0.15) is 0 Å². The lowest BCUT2D eigenvalue weighted by atomic mass is 9.91. The highest BCUT2D eigenvalue weighted by molar-refractivity contribution is 5.86. The first-order valence-electron chi connectivity index (χ1n) is 14.4. The van der Waals surface area contributed by atoms with E-state index in [0.717, 1.165) is 40.3 Å². The number of hydrogen-bond donors (Lipinski definition) is 0. The maximum atomic E-state index is 5.09. The van der Waals surface area contributed by atoms with Gasteiger partial charge in [0.25, 0.3) is 0 Å².